The summed E-state index contributed by atoms with van der Waals surface area (Å²) in [5.41, 5.74) is 12.0. The molecule has 76 heavy (non-hydrogen) atoms. The molecule has 0 bridgehead atoms. The lowest BCUT2D eigenvalue weighted by Crippen LogP contribution is -2.61. The second-order valence-electron chi connectivity index (χ2n) is 26.8. The van der Waals surface area contributed by atoms with Crippen LogP contribution in [-0.2, 0) is 32.5 Å². The van der Waals surface area contributed by atoms with Crippen molar-refractivity contribution in [1.29, 1.82) is 0 Å². The lowest BCUT2D eigenvalue weighted by atomic mass is 9.33. The van der Waals surface area contributed by atoms with E-state index in [1.807, 2.05) is 23.5 Å². The van der Waals surface area contributed by atoms with Gasteiger partial charge in [0.05, 0.1) is 25.1 Å². The number of thiophene rings is 1. The molecule has 0 amide bonds. The first-order valence-corrected chi connectivity index (χ1v) is 28.0. The van der Waals surface area contributed by atoms with Crippen LogP contribution >= 0.6 is 11.3 Å². The maximum atomic E-state index is 9.70. The Kier molecular flexibility index (Phi) is 8.46. The molecule has 7 aromatic carbocycles. The third-order valence-electron chi connectivity index (χ3n) is 17.7. The standard InChI is InChI=1S/C70H74BN3OS/c1-65(2,3)43-25-29-47(30-26-43)73-53-41-50-56(75-63-59(50)67(7,8)35-37-69(63,11)12)42-52(53)71-51-33-34-57-58(60-64(76-57)70(13,14)38-36-68(60,9)10)62(51)74(48-31-27-44(28-32-48)66(4,5)6)55-40-49(39-54(73)61(55)71)72(45-21-17-15-18-22-45)46-23-19-16-20-24-46/h15-34,39-42H,35-38H2,1-14H3/i15D,16D,17D,18D,19D,20D,21D,22D,23D,24D. The summed E-state index contributed by atoms with van der Waals surface area (Å²) >= 11 is 1.87. The molecule has 13 rings (SSSR count). The van der Waals surface area contributed by atoms with Crippen molar-refractivity contribution >= 4 is 107 Å². The van der Waals surface area contributed by atoms with E-state index < -0.39 is 67.1 Å². The summed E-state index contributed by atoms with van der Waals surface area (Å²) in [4.78, 5) is 7.33. The average molecular weight is 1030 g/mol. The number of para-hydroxylation sites is 2. The van der Waals surface area contributed by atoms with Crippen molar-refractivity contribution in [3.8, 4) is 0 Å². The fraction of sp³-hybridized carbons (Fsp3) is 0.343. The van der Waals surface area contributed by atoms with Gasteiger partial charge in [-0.3, -0.25) is 0 Å². The maximum absolute atomic E-state index is 9.70. The predicted molar refractivity (Wildman–Crippen MR) is 328 cm³/mol. The molecule has 0 unspecified atom stereocenters. The van der Waals surface area contributed by atoms with Gasteiger partial charge in [0.25, 0.3) is 6.71 Å². The smallest absolute Gasteiger partial charge is 0.252 e. The molecule has 0 saturated heterocycles. The minimum atomic E-state index is -0.629. The second kappa shape index (κ2) is 16.5. The number of nitrogens with zero attached hydrogens (tertiary/aromatic N) is 3. The van der Waals surface area contributed by atoms with Crippen LogP contribution in [0.25, 0.3) is 21.1 Å². The van der Waals surface area contributed by atoms with Crippen LogP contribution in [0.4, 0.5) is 51.2 Å². The summed E-state index contributed by atoms with van der Waals surface area (Å²) in [6, 6.07) is 24.4. The van der Waals surface area contributed by atoms with Crippen LogP contribution in [0.2, 0.25) is 0 Å². The molecule has 4 aliphatic rings. The van der Waals surface area contributed by atoms with Crippen LogP contribution in [0.1, 0.15) is 169 Å². The monoisotopic (exact) mass is 1030 g/mol. The highest BCUT2D eigenvalue weighted by molar-refractivity contribution is 7.19. The van der Waals surface area contributed by atoms with Crippen molar-refractivity contribution in [2.75, 3.05) is 14.7 Å². The van der Waals surface area contributed by atoms with E-state index in [2.05, 4.69) is 180 Å². The van der Waals surface area contributed by atoms with Crippen molar-refractivity contribution in [3.63, 3.8) is 0 Å². The quantitative estimate of drug-likeness (QED) is 0.160. The molecule has 0 N–H and O–H groups in total. The number of hydrogen-bond donors (Lipinski definition) is 0. The Hall–Kier alpha value is -6.50. The molecule has 0 radical (unpaired) electrons. The van der Waals surface area contributed by atoms with Crippen LogP contribution in [0.15, 0.2) is 150 Å². The van der Waals surface area contributed by atoms with E-state index in [1.165, 1.54) is 20.9 Å². The second-order valence-corrected chi connectivity index (χ2v) is 27.9. The van der Waals surface area contributed by atoms with Crippen molar-refractivity contribution in [3.05, 3.63) is 178 Å². The molecule has 4 heterocycles. The van der Waals surface area contributed by atoms with Crippen molar-refractivity contribution in [1.82, 2.24) is 0 Å². The van der Waals surface area contributed by atoms with Gasteiger partial charge in [0, 0.05) is 71.1 Å². The minimum Gasteiger partial charge on any atom is -0.460 e. The number of anilines is 9. The molecule has 9 aromatic rings. The lowest BCUT2D eigenvalue weighted by molar-refractivity contribution is 0.284. The SMILES string of the molecule is [2H]c1c([2H])c([2H])c(N(c2cc3c4c(c2)N(c2ccc(C(C)(C)C)cc2)c2c(ccc5sc6c(c25)C(C)(C)CCC6(C)C)B4c2cc4oc5c(c4cc2N3c2ccc(C(C)(C)C)cc2)C(C)(C)CCC5(C)C)c2c([2H])c([2H])c([2H])c([2H])c2[2H])c([2H])c1[2H]. The van der Waals surface area contributed by atoms with Gasteiger partial charge in [-0.05, 0) is 165 Å². The molecule has 4 nitrogen and oxygen atoms in total. The molecule has 0 fully saturated rings. The Morgan fingerprint density at radius 3 is 1.62 bits per heavy atom. The summed E-state index contributed by atoms with van der Waals surface area (Å²) in [7, 11) is 0. The number of hydrogen-bond acceptors (Lipinski definition) is 5. The minimum absolute atomic E-state index is 0.117. The Balaban J connectivity index is 1.26. The Labute approximate surface area is 470 Å². The molecule has 2 aliphatic heterocycles. The average Bonchev–Trinajstić information content (AvgIpc) is 1.19. The zero-order chi connectivity index (χ0) is 61.9. The van der Waals surface area contributed by atoms with Gasteiger partial charge in [-0.2, -0.15) is 0 Å². The predicted octanol–water partition coefficient (Wildman–Crippen LogP) is 18.5. The van der Waals surface area contributed by atoms with Crippen molar-refractivity contribution in [2.24, 2.45) is 0 Å². The first-order chi connectivity index (χ1) is 40.1. The van der Waals surface area contributed by atoms with Gasteiger partial charge in [0.15, 0.2) is 0 Å². The molecule has 2 aromatic heterocycles. The summed E-state index contributed by atoms with van der Waals surface area (Å²) in [5, 5.41) is 2.18. The number of furan rings is 1. The highest BCUT2D eigenvalue weighted by Gasteiger charge is 2.49. The molecule has 6 heteroatoms. The van der Waals surface area contributed by atoms with Gasteiger partial charge < -0.3 is 19.1 Å². The maximum Gasteiger partial charge on any atom is 0.252 e. The summed E-state index contributed by atoms with van der Waals surface area (Å²) in [6.45, 7) is 31.4. The van der Waals surface area contributed by atoms with Crippen LogP contribution in [0, 0.1) is 0 Å². The molecule has 2 aliphatic carbocycles. The van der Waals surface area contributed by atoms with Gasteiger partial charge >= 0.3 is 0 Å². The fourth-order valence-electron chi connectivity index (χ4n) is 13.2. The van der Waals surface area contributed by atoms with Gasteiger partial charge in [0.2, 0.25) is 0 Å². The van der Waals surface area contributed by atoms with E-state index in [4.69, 9.17) is 12.6 Å². The normalized spacial score (nSPS) is 19.6. The van der Waals surface area contributed by atoms with Crippen molar-refractivity contribution in [2.45, 2.75) is 155 Å². The first-order valence-electron chi connectivity index (χ1n) is 32.2. The van der Waals surface area contributed by atoms with E-state index in [0.29, 0.717) is 11.4 Å². The van der Waals surface area contributed by atoms with Crippen LogP contribution in [0.3, 0.4) is 0 Å². The fourth-order valence-corrected chi connectivity index (χ4v) is 14.7. The van der Waals surface area contributed by atoms with Gasteiger partial charge in [-0.1, -0.05) is 164 Å². The topological polar surface area (TPSA) is 22.9 Å². The van der Waals surface area contributed by atoms with Crippen LogP contribution in [-0.4, -0.2) is 6.71 Å². The molecule has 0 atom stereocenters. The number of fused-ring (bicyclic) bond motifs is 11. The number of benzene rings is 7. The van der Waals surface area contributed by atoms with E-state index in [0.717, 1.165) is 103 Å². The number of rotatable bonds is 5. The van der Waals surface area contributed by atoms with Gasteiger partial charge in [0.1, 0.15) is 11.3 Å². The Bertz CT molecular complexity index is 4280. The molecular formula is C70H74BN3OS. The third kappa shape index (κ3) is 7.43. The molecule has 384 valence electrons. The third-order valence-corrected chi connectivity index (χ3v) is 19.2. The molecule has 0 spiro atoms. The summed E-state index contributed by atoms with van der Waals surface area (Å²) < 4.78 is 101. The largest absolute Gasteiger partial charge is 0.460 e. The summed E-state index contributed by atoms with van der Waals surface area (Å²) in [6.07, 6.45) is 3.93. The molecular weight excluding hydrogens is 942 g/mol. The zero-order valence-electron chi connectivity index (χ0n) is 56.6. The molecule has 0 saturated carbocycles. The van der Waals surface area contributed by atoms with E-state index >= 15 is 0 Å². The van der Waals surface area contributed by atoms with Gasteiger partial charge in [-0.25, -0.2) is 0 Å². The van der Waals surface area contributed by atoms with Crippen LogP contribution < -0.4 is 31.1 Å². The highest BCUT2D eigenvalue weighted by Crippen LogP contribution is 2.58. The summed E-state index contributed by atoms with van der Waals surface area (Å²) in [5.74, 6) is 0.992. The first kappa shape index (κ1) is 39.0. The van der Waals surface area contributed by atoms with E-state index in [1.54, 1.807) is 0 Å². The lowest BCUT2D eigenvalue weighted by Gasteiger charge is -2.46. The van der Waals surface area contributed by atoms with E-state index in [9.17, 15) is 5.48 Å². The van der Waals surface area contributed by atoms with Crippen LogP contribution in [0.5, 0.6) is 0 Å². The van der Waals surface area contributed by atoms with Gasteiger partial charge in [-0.15, -0.1) is 11.3 Å². The van der Waals surface area contributed by atoms with E-state index in [-0.39, 0.29) is 49.6 Å². The highest BCUT2D eigenvalue weighted by atomic mass is 32.1. The Morgan fingerprint density at radius 1 is 0.539 bits per heavy atom. The van der Waals surface area contributed by atoms with Crippen molar-refractivity contribution < 1.29 is 18.1 Å². The Morgan fingerprint density at radius 2 is 1.05 bits per heavy atom. The zero-order valence-corrected chi connectivity index (χ0v) is 47.5.